The van der Waals surface area contributed by atoms with Gasteiger partial charge >= 0.3 is 20.8 Å². The molecule has 0 amide bonds. The highest BCUT2D eigenvalue weighted by Crippen LogP contribution is 2.43. The van der Waals surface area contributed by atoms with Gasteiger partial charge in [-0.2, -0.15) is 0 Å². The lowest BCUT2D eigenvalue weighted by Gasteiger charge is -2.33. The lowest BCUT2D eigenvalue weighted by atomic mass is 10.1. The number of rotatable bonds is 10. The maximum Gasteiger partial charge on any atom is 0.742 e. The van der Waals surface area contributed by atoms with Crippen LogP contribution >= 0.6 is 0 Å². The lowest BCUT2D eigenvalue weighted by molar-refractivity contribution is -0.143. The van der Waals surface area contributed by atoms with Crippen molar-refractivity contribution in [1.82, 2.24) is 18.3 Å². The van der Waals surface area contributed by atoms with Crippen molar-refractivity contribution in [2.24, 2.45) is 30.0 Å². The van der Waals surface area contributed by atoms with Crippen LogP contribution < -0.4 is 11.0 Å². The minimum absolute atomic E-state index is 0.0696. The van der Waals surface area contributed by atoms with E-state index in [0.717, 1.165) is 22.3 Å². The Morgan fingerprint density at radius 3 is 1.19 bits per heavy atom. The molecule has 4 aliphatic rings. The van der Waals surface area contributed by atoms with Gasteiger partial charge in [-0.25, -0.2) is 30.0 Å². The fraction of sp³-hybridized carbons (Fsp3) is 0.227. The fourth-order valence-electron chi connectivity index (χ4n) is 8.26. The van der Waals surface area contributed by atoms with E-state index in [1.165, 1.54) is 0 Å². The molecule has 6 aromatic rings. The number of aromatic nitrogens is 2. The van der Waals surface area contributed by atoms with E-state index in [-0.39, 0.29) is 13.1 Å². The fourth-order valence-corrected chi connectivity index (χ4v) is 11.3. The van der Waals surface area contributed by atoms with Gasteiger partial charge in [0.25, 0.3) is 0 Å². The molecule has 14 nitrogen and oxygen atoms in total. The Kier molecular flexibility index (Phi) is 8.88. The maximum absolute atomic E-state index is 14.8. The third-order valence-electron chi connectivity index (χ3n) is 11.3. The van der Waals surface area contributed by atoms with Gasteiger partial charge in [-0.3, -0.25) is 27.9 Å². The summed E-state index contributed by atoms with van der Waals surface area (Å²) >= 11 is 0. The minimum atomic E-state index is -4.95. The van der Waals surface area contributed by atoms with E-state index in [1.807, 2.05) is 135 Å². The largest absolute Gasteiger partial charge is 0.742 e. The number of nitrogens with zero attached hydrogens (tertiary/aromatic N) is 10. The maximum atomic E-state index is 14.8. The molecule has 0 saturated carbocycles. The molecule has 15 heteroatoms. The Morgan fingerprint density at radius 2 is 0.814 bits per heavy atom. The first-order chi connectivity index (χ1) is 28.8. The summed E-state index contributed by atoms with van der Waals surface area (Å²) in [4.78, 5) is 65.1. The topological polar surface area (TPSA) is 143 Å². The van der Waals surface area contributed by atoms with Crippen molar-refractivity contribution in [3.05, 3.63) is 130 Å². The van der Waals surface area contributed by atoms with Gasteiger partial charge in [0.05, 0.1) is 13.1 Å². The van der Waals surface area contributed by atoms with Crippen LogP contribution in [-0.4, -0.2) is 102 Å². The van der Waals surface area contributed by atoms with Crippen LogP contribution in [-0.2, 0) is 18.4 Å². The van der Waals surface area contributed by atoms with Crippen molar-refractivity contribution < 1.29 is 18.4 Å². The average molecular weight is 801 g/mol. The second-order valence-electron chi connectivity index (χ2n) is 14.5. The summed E-state index contributed by atoms with van der Waals surface area (Å²) in [6.07, 6.45) is 0. The summed E-state index contributed by atoms with van der Waals surface area (Å²) in [5, 5.41) is 2.73. The molecule has 0 saturated heterocycles. The molecule has 294 valence electrons. The Labute approximate surface area is 340 Å². The summed E-state index contributed by atoms with van der Waals surface area (Å²) in [7, 11) is -4.95. The van der Waals surface area contributed by atoms with Gasteiger partial charge in [0.2, 0.25) is 0 Å². The molecule has 2 aromatic heterocycles. The number of carbonyl (C=O) groups excluding carboxylic acids is 2. The number of hydrogen-bond acceptors (Lipinski definition) is 12. The summed E-state index contributed by atoms with van der Waals surface area (Å²) in [6, 6.07) is 31.1. The normalized spacial score (nSPS) is 15.4. The van der Waals surface area contributed by atoms with E-state index in [0.29, 0.717) is 93.7 Å². The SMILES string of the molecule is CCN(CC)CC(=O)O[Si]1(OC(=O)CN(CC)CC)n2c3c4ccccc4c2N=C2N=C(N=c4c5ccccc5c(n41)=NC1=NC(=N3)c3ccccc31)c1ccccc12. The smallest absolute Gasteiger partial charge is 0.451 e. The number of hydrogen-bond donors (Lipinski definition) is 0. The number of fused-ring (bicyclic) bond motifs is 14. The van der Waals surface area contributed by atoms with Crippen molar-refractivity contribution in [3.63, 3.8) is 0 Å². The van der Waals surface area contributed by atoms with Gasteiger partial charge in [-0.15, -0.1) is 0 Å². The zero-order valence-corrected chi connectivity index (χ0v) is 34.1. The third kappa shape index (κ3) is 5.75. The van der Waals surface area contributed by atoms with Crippen LogP contribution in [0.5, 0.6) is 0 Å². The van der Waals surface area contributed by atoms with Crippen LogP contribution in [0.1, 0.15) is 49.9 Å². The predicted molar refractivity (Wildman–Crippen MR) is 229 cm³/mol. The summed E-state index contributed by atoms with van der Waals surface area (Å²) in [5.41, 5.74) is 3.80. The van der Waals surface area contributed by atoms with Crippen molar-refractivity contribution >= 4 is 77.3 Å². The zero-order valence-electron chi connectivity index (χ0n) is 33.1. The molecule has 0 unspecified atom stereocenters. The van der Waals surface area contributed by atoms with E-state index >= 15 is 0 Å². The molecule has 10 rings (SSSR count). The van der Waals surface area contributed by atoms with Crippen LogP contribution in [0.4, 0.5) is 11.6 Å². The second kappa shape index (κ2) is 14.3. The van der Waals surface area contributed by atoms with Crippen molar-refractivity contribution in [2.45, 2.75) is 27.7 Å². The predicted octanol–water partition coefficient (Wildman–Crippen LogP) is 5.14. The van der Waals surface area contributed by atoms with Crippen molar-refractivity contribution in [1.29, 1.82) is 0 Å². The van der Waals surface area contributed by atoms with Gasteiger partial charge in [0, 0.05) is 43.8 Å². The van der Waals surface area contributed by atoms with Crippen LogP contribution in [0.15, 0.2) is 127 Å². The first kappa shape index (κ1) is 36.6. The third-order valence-corrected chi connectivity index (χ3v) is 14.3. The van der Waals surface area contributed by atoms with E-state index in [9.17, 15) is 9.59 Å². The Hall–Kier alpha value is -6.68. The first-order valence-electron chi connectivity index (χ1n) is 20.0. The molecular formula is C44H40N10O4Si. The van der Waals surface area contributed by atoms with Crippen molar-refractivity contribution in [2.75, 3.05) is 39.3 Å². The molecule has 6 heterocycles. The quantitative estimate of drug-likeness (QED) is 0.176. The molecule has 0 N–H and O–H groups in total. The van der Waals surface area contributed by atoms with Gasteiger partial charge in [-0.05, 0) is 26.2 Å². The second-order valence-corrected chi connectivity index (χ2v) is 16.9. The zero-order chi connectivity index (χ0) is 40.4. The molecule has 6 bridgehead atoms. The molecule has 4 aliphatic heterocycles. The van der Waals surface area contributed by atoms with E-state index in [2.05, 4.69) is 0 Å². The molecule has 59 heavy (non-hydrogen) atoms. The van der Waals surface area contributed by atoms with Gasteiger partial charge in [0.1, 0.15) is 22.6 Å². The number of amidine groups is 4. The average Bonchev–Trinajstić information content (AvgIpc) is 3.98. The van der Waals surface area contributed by atoms with Crippen LogP contribution in [0, 0.1) is 0 Å². The van der Waals surface area contributed by atoms with E-state index in [4.69, 9.17) is 38.8 Å². The Balaban J connectivity index is 1.46. The molecule has 0 radical (unpaired) electrons. The summed E-state index contributed by atoms with van der Waals surface area (Å²) < 4.78 is 17.6. The summed E-state index contributed by atoms with van der Waals surface area (Å²) in [5.74, 6) is 1.13. The molecule has 4 aromatic carbocycles. The van der Waals surface area contributed by atoms with Gasteiger partial charge in [-0.1, -0.05) is 125 Å². The van der Waals surface area contributed by atoms with Gasteiger partial charge in [0.15, 0.2) is 23.3 Å². The number of benzene rings is 4. The van der Waals surface area contributed by atoms with Crippen LogP contribution in [0.2, 0.25) is 0 Å². The molecule has 0 aliphatic carbocycles. The monoisotopic (exact) mass is 800 g/mol. The minimum Gasteiger partial charge on any atom is -0.451 e. The number of likely N-dealkylation sites (N-methyl/N-ethyl adjacent to an activating group) is 2. The standard InChI is InChI=1S/C44H40N10O4Si/c1-5-51(6-2)25-35(55)57-59(58-36(56)26-52(7-3)8-4)53-41-31-21-13-14-22-32(31)43(53)49-39-29-19-11-12-20-30(29)40(46-39)50-44-34-24-16-15-23-33(34)42(54(44)59)48-38-28-18-10-9-17-27(28)37(45-38)47-41/h9-24H,5-8,25-26H2,1-4H3. The van der Waals surface area contributed by atoms with E-state index < -0.39 is 20.8 Å². The summed E-state index contributed by atoms with van der Waals surface area (Å²) in [6.45, 7) is 10.2. The highest BCUT2D eigenvalue weighted by Gasteiger charge is 2.59. The molecule has 0 fully saturated rings. The van der Waals surface area contributed by atoms with Crippen molar-refractivity contribution in [3.8, 4) is 0 Å². The Morgan fingerprint density at radius 1 is 0.475 bits per heavy atom. The molecule has 0 spiro atoms. The van der Waals surface area contributed by atoms with Crippen LogP contribution in [0.25, 0.3) is 21.5 Å². The number of aliphatic imine (C=N–C) groups is 4. The molecule has 0 atom stereocenters. The molecular weight excluding hydrogens is 761 g/mol. The lowest BCUT2D eigenvalue weighted by Crippen LogP contribution is -2.66. The highest BCUT2D eigenvalue weighted by molar-refractivity contribution is 6.69. The van der Waals surface area contributed by atoms with Gasteiger partial charge < -0.3 is 8.85 Å². The van der Waals surface area contributed by atoms with Crippen LogP contribution in [0.3, 0.4) is 0 Å². The first-order valence-corrected chi connectivity index (χ1v) is 21.7. The number of carbonyl (C=O) groups is 2. The van der Waals surface area contributed by atoms with E-state index in [1.54, 1.807) is 8.47 Å². The Bertz CT molecular complexity index is 2830. The highest BCUT2D eigenvalue weighted by atomic mass is 28.4.